The van der Waals surface area contributed by atoms with Crippen molar-refractivity contribution < 1.29 is 119 Å². The highest BCUT2D eigenvalue weighted by Crippen LogP contribution is 2.35. The third kappa shape index (κ3) is 58.9. The van der Waals surface area contributed by atoms with Crippen molar-refractivity contribution in [2.75, 3.05) is 74.8 Å². The molecule has 7 saturated heterocycles. The first-order chi connectivity index (χ1) is 53.8. The minimum atomic E-state index is -2.28. The Bertz CT molecular complexity index is 3050. The Kier molecular flexibility index (Phi) is 46.6. The molecule has 7 rings (SSSR count). The highest BCUT2D eigenvalue weighted by molar-refractivity contribution is 6.94. The van der Waals surface area contributed by atoms with Crippen LogP contribution in [0.3, 0.4) is 0 Å². The van der Waals surface area contributed by atoms with E-state index in [1.54, 1.807) is 0 Å². The molecule has 0 aromatic heterocycles. The Morgan fingerprint density at radius 1 is 0.0806 bits per heavy atom. The average Bonchev–Trinajstić information content (AvgIpc) is 1.48. The Labute approximate surface area is 789 Å². The fraction of sp³-hybridized carbons (Fsp3) is 1.00. The maximum Gasteiger partial charge on any atom is 0.322 e. The lowest BCUT2D eigenvalue weighted by molar-refractivity contribution is 0.223. The van der Waals surface area contributed by atoms with Crippen molar-refractivity contribution in [3.05, 3.63) is 0 Å². The van der Waals surface area contributed by atoms with Gasteiger partial charge in [-0.25, -0.2) is 0 Å². The van der Waals surface area contributed by atoms with Gasteiger partial charge >= 0.3 is 137 Å². The highest BCUT2D eigenvalue weighted by Gasteiger charge is 2.54. The minimum Gasteiger partial charge on any atom is -0.435 e. The SMILES string of the molecule is C[Si]1(C)CO[Si](C)(C)O[Si](C)(C)CO1.C[Si]1(C)CO[Si](C)(C)O[Si](C)(C)CO[Si](C)(C)O1.C[Si]1(C)CO[Si](C)(C)O[Si](C)(C)O1.C[Si]1(C)CO[Si](C)(C)O[Si](C)(C)O[Si](C)(C)CO1.C[Si]1(C)CO[Si](C)(C)O[Si](C)(C)O[Si](C)(C)CO[Si](C)(C)O1.C[Si]1(C)CO[Si](C)(C)O[Si](C)(C)O[Si](C)(C)O1.C[Si]1(C)CO[Si](C)(C)O[Si](C)(C)O[Si](C)(C)O[Si](C)(C)CO1. The van der Waals surface area contributed by atoms with Gasteiger partial charge in [0, 0.05) is 0 Å². The fourth-order valence-corrected chi connectivity index (χ4v) is 138. The summed E-state index contributed by atoms with van der Waals surface area (Å²) in [6.07, 6.45) is 8.66. The molecule has 744 valence electrons. The molecule has 7 heterocycles. The van der Waals surface area contributed by atoms with Crippen LogP contribution in [0.1, 0.15) is 0 Å². The van der Waals surface area contributed by atoms with E-state index in [1.807, 2.05) is 0 Å². The molecule has 0 N–H and O–H groups in total. The minimum absolute atomic E-state index is 0.650. The molecule has 56 heteroatoms. The van der Waals surface area contributed by atoms with Gasteiger partial charge in [-0.05, 0) is 367 Å². The summed E-state index contributed by atoms with van der Waals surface area (Å²) in [5.41, 5.74) is 0. The summed E-state index contributed by atoms with van der Waals surface area (Å²) in [6.45, 7) is 120. The van der Waals surface area contributed by atoms with Gasteiger partial charge in [0.15, 0.2) is 74.9 Å². The van der Waals surface area contributed by atoms with Crippen LogP contribution in [0.5, 0.6) is 0 Å². The third-order valence-corrected chi connectivity index (χ3v) is 106. The predicted octanol–water partition coefficient (Wildman–Crippen LogP) is 20.6. The molecule has 0 saturated carbocycles. The first-order valence-electron chi connectivity index (χ1n) is 44.7. The maximum atomic E-state index is 6.48. The normalized spacial score (nSPS) is 30.8. The van der Waals surface area contributed by atoms with Crippen LogP contribution in [0.15, 0.2) is 0 Å². The molecule has 0 aliphatic carbocycles. The topological polar surface area (TPSA) is 258 Å². The zero-order chi connectivity index (χ0) is 98.3. The molecule has 7 aliphatic heterocycles. The molecule has 124 heavy (non-hydrogen) atoms. The predicted molar refractivity (Wildman–Crippen MR) is 578 cm³/mol. The Balaban J connectivity index is 0.000000728. The molecule has 0 atom stereocenters. The molecule has 0 aromatic rings. The Morgan fingerprint density at radius 2 is 0.153 bits per heavy atom. The van der Waals surface area contributed by atoms with Gasteiger partial charge in [0.1, 0.15) is 0 Å². The summed E-state index contributed by atoms with van der Waals surface area (Å²) < 4.78 is 174. The largest absolute Gasteiger partial charge is 0.435 e. The standard InChI is InChI=1S/2C12H34O5Si5.2C10H28O4Si4.C9H26O4Si4.C8H22O3Si3.C7H20O3Si3/c1-18(2)12-14-21(7,8)17-22(9,10)16-19(3,4)11-13-20(5,6)15-18;1-18(2)12-14-20(5,6)16-22(9,10)17-21(7,8)15-19(3,4)11-13-18;1-15(2)10-12-17(5,6)14-18(7,8)13-16(3,4)9-11-15;1-15(2)9-11-18(7,8)14-16(3,4)10-12-17(5,6)13-15;1-14(2)9-10-15(3,4)12-17(7,8)13-16(5,6)11-14;1-12(2)8-10-14(5,6)11-13(3,4)7-9-12;1-11(2)7-8-12(3,4)10-13(5,6)9-11/h2*11-12H2,1-10H3;2*9-10H2,1-8H3;9H2,1-8H3;7-8H2,1-6H3;7H2,1-6H3. The zero-order valence-corrected chi connectivity index (χ0v) is 118. The van der Waals surface area contributed by atoms with Gasteiger partial charge in [-0.2, -0.15) is 0 Å². The van der Waals surface area contributed by atoms with Gasteiger partial charge < -0.3 is 119 Å². The van der Waals surface area contributed by atoms with Crippen molar-refractivity contribution >= 4 is 237 Å². The quantitative estimate of drug-likeness (QED) is 0.204. The van der Waals surface area contributed by atoms with Crippen LogP contribution in [0.25, 0.3) is 0 Å². The van der Waals surface area contributed by atoms with Gasteiger partial charge in [-0.1, -0.05) is 0 Å². The lowest BCUT2D eigenvalue weighted by Crippen LogP contribution is -2.60. The van der Waals surface area contributed by atoms with Crippen LogP contribution in [-0.4, -0.2) is 312 Å². The van der Waals surface area contributed by atoms with Gasteiger partial charge in [-0.15, -0.1) is 0 Å². The van der Waals surface area contributed by atoms with Crippen molar-refractivity contribution in [3.63, 3.8) is 0 Å². The van der Waals surface area contributed by atoms with E-state index in [1.165, 1.54) is 0 Å². The van der Waals surface area contributed by atoms with Crippen molar-refractivity contribution in [1.29, 1.82) is 0 Å². The highest BCUT2D eigenvalue weighted by atomic mass is 28.5. The van der Waals surface area contributed by atoms with Crippen molar-refractivity contribution in [2.45, 2.75) is 367 Å². The second-order valence-electron chi connectivity index (χ2n) is 48.6. The van der Waals surface area contributed by atoms with E-state index in [4.69, 9.17) is 119 Å². The van der Waals surface area contributed by atoms with Crippen molar-refractivity contribution in [2.24, 2.45) is 0 Å². The first-order valence-corrected chi connectivity index (χ1v) is 127. The number of hydrogen-bond acceptors (Lipinski definition) is 28. The van der Waals surface area contributed by atoms with Gasteiger partial charge in [0.05, 0.1) is 74.8 Å². The van der Waals surface area contributed by atoms with E-state index in [0.717, 1.165) is 31.2 Å². The van der Waals surface area contributed by atoms with Crippen LogP contribution >= 0.6 is 0 Å². The number of rotatable bonds is 0. The lowest BCUT2D eigenvalue weighted by Gasteiger charge is -2.42. The molecule has 0 radical (unpaired) electrons. The van der Waals surface area contributed by atoms with Gasteiger partial charge in [0.25, 0.3) is 0 Å². The first kappa shape index (κ1) is 127. The van der Waals surface area contributed by atoms with Crippen LogP contribution in [0.4, 0.5) is 0 Å². The summed E-state index contributed by atoms with van der Waals surface area (Å²) in [5.74, 6) is 0. The van der Waals surface area contributed by atoms with E-state index in [9.17, 15) is 0 Å². The lowest BCUT2D eigenvalue weighted by atomic mass is 11.7. The second kappa shape index (κ2) is 45.5. The Morgan fingerprint density at radius 3 is 0.274 bits per heavy atom. The van der Waals surface area contributed by atoms with Gasteiger partial charge in [-0.3, -0.25) is 0 Å². The molecule has 7 aliphatic rings. The summed E-state index contributed by atoms with van der Waals surface area (Å²) in [4.78, 5) is 0. The van der Waals surface area contributed by atoms with Gasteiger partial charge in [0.2, 0.25) is 25.0 Å². The summed E-state index contributed by atoms with van der Waals surface area (Å²) in [7, 11) is -55.1. The zero-order valence-electron chi connectivity index (χ0n) is 89.9. The fourth-order valence-electron chi connectivity index (χ4n) is 15.2. The van der Waals surface area contributed by atoms with Crippen molar-refractivity contribution in [3.8, 4) is 0 Å². The summed E-state index contributed by atoms with van der Waals surface area (Å²) in [5, 5.41) is 0. The van der Waals surface area contributed by atoms with E-state index < -0.39 is 237 Å². The summed E-state index contributed by atoms with van der Waals surface area (Å²) >= 11 is 0. The Hall–Kier alpha value is 4.95. The maximum absolute atomic E-state index is 6.48. The molecule has 0 aromatic carbocycles. The van der Waals surface area contributed by atoms with Crippen LogP contribution in [0, 0.1) is 0 Å². The average molecular weight is 2240 g/mol. The van der Waals surface area contributed by atoms with Crippen molar-refractivity contribution in [1.82, 2.24) is 0 Å². The summed E-state index contributed by atoms with van der Waals surface area (Å²) in [6, 6.07) is 0. The molecule has 28 nitrogen and oxygen atoms in total. The molecule has 0 bridgehead atoms. The molecule has 7 fully saturated rings. The molecular formula is C68H192O28Si28. The third-order valence-electron chi connectivity index (χ3n) is 17.5. The van der Waals surface area contributed by atoms with Crippen LogP contribution in [0.2, 0.25) is 367 Å². The second-order valence-corrected chi connectivity index (χ2v) is 156. The van der Waals surface area contributed by atoms with Crippen LogP contribution in [-0.2, 0) is 119 Å². The molecule has 0 unspecified atom stereocenters. The van der Waals surface area contributed by atoms with E-state index in [0.29, 0.717) is 43.6 Å². The molecule has 0 spiro atoms. The van der Waals surface area contributed by atoms with Crippen LogP contribution < -0.4 is 0 Å². The smallest absolute Gasteiger partial charge is 0.322 e. The van der Waals surface area contributed by atoms with E-state index in [2.05, 4.69) is 367 Å². The molecular weight excluding hydrogens is 2050 g/mol. The molecule has 0 amide bonds. The van der Waals surface area contributed by atoms with E-state index in [-0.39, 0.29) is 0 Å². The van der Waals surface area contributed by atoms with E-state index >= 15 is 0 Å². The number of hydrogen-bond donors (Lipinski definition) is 0. The monoisotopic (exact) mass is 2240 g/mol.